The first-order valence-electron chi connectivity index (χ1n) is 7.55. The van der Waals surface area contributed by atoms with Crippen molar-refractivity contribution in [1.82, 2.24) is 5.32 Å². The normalized spacial score (nSPS) is 11.1. The molecule has 2 aromatic carbocycles. The van der Waals surface area contributed by atoms with Crippen LogP contribution in [-0.4, -0.2) is 6.04 Å². The van der Waals surface area contributed by atoms with Crippen molar-refractivity contribution in [3.05, 3.63) is 64.7 Å². The van der Waals surface area contributed by atoms with Crippen LogP contribution < -0.4 is 5.32 Å². The SMILES string of the molecule is Cc1cc(C)cc(CSc2cccc(CNC(C)C)c2)c1. The van der Waals surface area contributed by atoms with E-state index in [1.54, 1.807) is 0 Å². The Morgan fingerprint density at radius 1 is 0.952 bits per heavy atom. The number of thioether (sulfide) groups is 1. The molecule has 2 heteroatoms. The summed E-state index contributed by atoms with van der Waals surface area (Å²) in [5.41, 5.74) is 5.46. The Balaban J connectivity index is 1.98. The minimum absolute atomic E-state index is 0.525. The van der Waals surface area contributed by atoms with Gasteiger partial charge in [-0.25, -0.2) is 0 Å². The molecule has 0 spiro atoms. The molecule has 0 radical (unpaired) electrons. The average Bonchev–Trinajstić information content (AvgIpc) is 2.42. The molecule has 112 valence electrons. The van der Waals surface area contributed by atoms with Gasteiger partial charge >= 0.3 is 0 Å². The lowest BCUT2D eigenvalue weighted by Gasteiger charge is -2.10. The third-order valence-electron chi connectivity index (χ3n) is 3.30. The molecule has 0 aliphatic rings. The molecule has 0 aliphatic carbocycles. The van der Waals surface area contributed by atoms with E-state index in [1.165, 1.54) is 27.1 Å². The smallest absolute Gasteiger partial charge is 0.0232 e. The molecule has 0 saturated carbocycles. The molecule has 0 amide bonds. The highest BCUT2D eigenvalue weighted by Gasteiger charge is 2.01. The Labute approximate surface area is 133 Å². The summed E-state index contributed by atoms with van der Waals surface area (Å²) >= 11 is 1.91. The molecule has 2 rings (SSSR count). The lowest BCUT2D eigenvalue weighted by atomic mass is 10.1. The van der Waals surface area contributed by atoms with Crippen molar-refractivity contribution >= 4 is 11.8 Å². The van der Waals surface area contributed by atoms with Crippen molar-refractivity contribution in [1.29, 1.82) is 0 Å². The van der Waals surface area contributed by atoms with Crippen LogP contribution >= 0.6 is 11.8 Å². The van der Waals surface area contributed by atoms with Gasteiger partial charge in [0, 0.05) is 23.2 Å². The van der Waals surface area contributed by atoms with E-state index in [-0.39, 0.29) is 0 Å². The number of nitrogens with one attached hydrogen (secondary N) is 1. The summed E-state index contributed by atoms with van der Waals surface area (Å²) in [4.78, 5) is 1.34. The molecule has 1 nitrogen and oxygen atoms in total. The second-order valence-corrected chi connectivity index (χ2v) is 7.02. The number of benzene rings is 2. The Bertz CT molecular complexity index is 570. The molecule has 0 saturated heterocycles. The highest BCUT2D eigenvalue weighted by atomic mass is 32.2. The van der Waals surface area contributed by atoms with Crippen molar-refractivity contribution < 1.29 is 0 Å². The first-order chi connectivity index (χ1) is 10.0. The predicted octanol–water partition coefficient (Wildman–Crippen LogP) is 5.09. The fourth-order valence-electron chi connectivity index (χ4n) is 2.39. The maximum atomic E-state index is 3.47. The summed E-state index contributed by atoms with van der Waals surface area (Å²) in [6.07, 6.45) is 0. The van der Waals surface area contributed by atoms with Crippen molar-refractivity contribution in [2.45, 2.75) is 50.9 Å². The lowest BCUT2D eigenvalue weighted by Crippen LogP contribution is -2.21. The highest BCUT2D eigenvalue weighted by molar-refractivity contribution is 7.98. The maximum Gasteiger partial charge on any atom is 0.0232 e. The van der Waals surface area contributed by atoms with Crippen LogP contribution in [0, 0.1) is 13.8 Å². The van der Waals surface area contributed by atoms with E-state index in [0.29, 0.717) is 6.04 Å². The van der Waals surface area contributed by atoms with Gasteiger partial charge in [-0.1, -0.05) is 55.3 Å². The minimum atomic E-state index is 0.525. The first kappa shape index (κ1) is 16.1. The zero-order chi connectivity index (χ0) is 15.2. The summed E-state index contributed by atoms with van der Waals surface area (Å²) < 4.78 is 0. The molecule has 0 fully saturated rings. The second-order valence-electron chi connectivity index (χ2n) is 5.97. The van der Waals surface area contributed by atoms with Crippen molar-refractivity contribution in [3.63, 3.8) is 0 Å². The van der Waals surface area contributed by atoms with Crippen LogP contribution in [0.1, 0.15) is 36.1 Å². The topological polar surface area (TPSA) is 12.0 Å². The van der Waals surface area contributed by atoms with Gasteiger partial charge in [0.05, 0.1) is 0 Å². The standard InChI is InChI=1S/C19H25NS/c1-14(2)20-12-17-6-5-7-19(11-17)21-13-18-9-15(3)8-16(4)10-18/h5-11,14,20H,12-13H2,1-4H3. The largest absolute Gasteiger partial charge is 0.310 e. The average molecular weight is 299 g/mol. The van der Waals surface area contributed by atoms with Gasteiger partial charge in [-0.15, -0.1) is 11.8 Å². The molecule has 0 bridgehead atoms. The van der Waals surface area contributed by atoms with Gasteiger partial charge < -0.3 is 5.32 Å². The summed E-state index contributed by atoms with van der Waals surface area (Å²) in [7, 11) is 0. The molecule has 21 heavy (non-hydrogen) atoms. The maximum absolute atomic E-state index is 3.47. The van der Waals surface area contributed by atoms with Crippen LogP contribution in [0.15, 0.2) is 47.4 Å². The Morgan fingerprint density at radius 3 is 2.33 bits per heavy atom. The second kappa shape index (κ2) is 7.67. The van der Waals surface area contributed by atoms with Gasteiger partial charge in [0.25, 0.3) is 0 Å². The highest BCUT2D eigenvalue weighted by Crippen LogP contribution is 2.24. The van der Waals surface area contributed by atoms with Gasteiger partial charge in [0.1, 0.15) is 0 Å². The van der Waals surface area contributed by atoms with Crippen LogP contribution in [-0.2, 0) is 12.3 Å². The molecular weight excluding hydrogens is 274 g/mol. The van der Waals surface area contributed by atoms with Gasteiger partial charge in [0.15, 0.2) is 0 Å². The van der Waals surface area contributed by atoms with Crippen LogP contribution in [0.4, 0.5) is 0 Å². The summed E-state index contributed by atoms with van der Waals surface area (Å²) in [5, 5.41) is 3.47. The van der Waals surface area contributed by atoms with Gasteiger partial charge in [-0.2, -0.15) is 0 Å². The van der Waals surface area contributed by atoms with E-state index in [2.05, 4.69) is 75.5 Å². The molecule has 0 unspecified atom stereocenters. The van der Waals surface area contributed by atoms with E-state index in [0.717, 1.165) is 12.3 Å². The Hall–Kier alpha value is -1.25. The van der Waals surface area contributed by atoms with E-state index in [4.69, 9.17) is 0 Å². The van der Waals surface area contributed by atoms with Crippen molar-refractivity contribution in [2.75, 3.05) is 0 Å². The number of hydrogen-bond acceptors (Lipinski definition) is 2. The third kappa shape index (κ3) is 5.56. The predicted molar refractivity (Wildman–Crippen MR) is 93.9 cm³/mol. The van der Waals surface area contributed by atoms with Crippen LogP contribution in [0.3, 0.4) is 0 Å². The zero-order valence-electron chi connectivity index (χ0n) is 13.4. The van der Waals surface area contributed by atoms with E-state index < -0.39 is 0 Å². The summed E-state index contributed by atoms with van der Waals surface area (Å²) in [6, 6.07) is 16.2. The quantitative estimate of drug-likeness (QED) is 0.745. The van der Waals surface area contributed by atoms with Crippen LogP contribution in [0.2, 0.25) is 0 Å². The van der Waals surface area contributed by atoms with Crippen molar-refractivity contribution in [3.8, 4) is 0 Å². The molecule has 0 atom stereocenters. The Kier molecular flexibility index (Phi) is 5.89. The van der Waals surface area contributed by atoms with Gasteiger partial charge in [-0.05, 0) is 37.1 Å². The van der Waals surface area contributed by atoms with E-state index >= 15 is 0 Å². The summed E-state index contributed by atoms with van der Waals surface area (Å²) in [6.45, 7) is 9.63. The van der Waals surface area contributed by atoms with Crippen LogP contribution in [0.25, 0.3) is 0 Å². The molecule has 0 aromatic heterocycles. The monoisotopic (exact) mass is 299 g/mol. The molecule has 0 aliphatic heterocycles. The van der Waals surface area contributed by atoms with Crippen molar-refractivity contribution in [2.24, 2.45) is 0 Å². The number of hydrogen-bond donors (Lipinski definition) is 1. The number of aryl methyl sites for hydroxylation is 2. The van der Waals surface area contributed by atoms with Gasteiger partial charge in [0.2, 0.25) is 0 Å². The molecular formula is C19H25NS. The van der Waals surface area contributed by atoms with Crippen LogP contribution in [0.5, 0.6) is 0 Å². The fourth-order valence-corrected chi connectivity index (χ4v) is 3.30. The minimum Gasteiger partial charge on any atom is -0.310 e. The van der Waals surface area contributed by atoms with E-state index in [9.17, 15) is 0 Å². The molecule has 0 heterocycles. The van der Waals surface area contributed by atoms with E-state index in [1.807, 2.05) is 11.8 Å². The van der Waals surface area contributed by atoms with Gasteiger partial charge in [-0.3, -0.25) is 0 Å². The first-order valence-corrected chi connectivity index (χ1v) is 8.54. The lowest BCUT2D eigenvalue weighted by molar-refractivity contribution is 0.588. The Morgan fingerprint density at radius 2 is 1.67 bits per heavy atom. The fraction of sp³-hybridized carbons (Fsp3) is 0.368. The number of rotatable bonds is 6. The third-order valence-corrected chi connectivity index (χ3v) is 4.36. The summed E-state index contributed by atoms with van der Waals surface area (Å²) in [5.74, 6) is 1.03. The zero-order valence-corrected chi connectivity index (χ0v) is 14.3. The molecule has 1 N–H and O–H groups in total. The molecule has 2 aromatic rings.